The highest BCUT2D eigenvalue weighted by Gasteiger charge is 2.29. The van der Waals surface area contributed by atoms with Crippen molar-refractivity contribution in [1.82, 2.24) is 4.98 Å². The summed E-state index contributed by atoms with van der Waals surface area (Å²) in [4.78, 5) is 19.6. The van der Waals surface area contributed by atoms with Gasteiger partial charge in [0, 0.05) is 18.3 Å². The van der Waals surface area contributed by atoms with Gasteiger partial charge in [-0.2, -0.15) is 0 Å². The third kappa shape index (κ3) is 2.23. The van der Waals surface area contributed by atoms with Crippen LogP contribution in [0.3, 0.4) is 0 Å². The molecule has 1 amide bonds. The van der Waals surface area contributed by atoms with Crippen LogP contribution < -0.4 is 10.6 Å². The number of amides is 1. The van der Waals surface area contributed by atoms with E-state index < -0.39 is 0 Å². The van der Waals surface area contributed by atoms with Gasteiger partial charge in [-0.05, 0) is 31.9 Å². The summed E-state index contributed by atoms with van der Waals surface area (Å²) in [6, 6.07) is 7.97. The maximum Gasteiger partial charge on any atom is 0.270 e. The molecule has 0 aliphatic carbocycles. The Bertz CT molecular complexity index is 665. The molecule has 0 saturated heterocycles. The molecule has 0 saturated carbocycles. The molecule has 1 atom stereocenters. The lowest BCUT2D eigenvalue weighted by molar-refractivity contribution is 0.0986. The molecular formula is C15H17N3OS. The predicted molar refractivity (Wildman–Crippen MR) is 81.4 cm³/mol. The number of aryl methyl sites for hydroxylation is 2. The monoisotopic (exact) mass is 287 g/mol. The summed E-state index contributed by atoms with van der Waals surface area (Å²) in [6.45, 7) is 4.36. The number of benzene rings is 1. The minimum absolute atomic E-state index is 0.00991. The number of rotatable bonds is 1. The Morgan fingerprint density at radius 1 is 1.40 bits per heavy atom. The van der Waals surface area contributed by atoms with Crippen LogP contribution in [0.5, 0.6) is 0 Å². The first kappa shape index (κ1) is 13.3. The van der Waals surface area contributed by atoms with Crippen molar-refractivity contribution in [2.45, 2.75) is 26.3 Å². The van der Waals surface area contributed by atoms with Crippen LogP contribution in [0.15, 0.2) is 24.3 Å². The molecule has 1 aliphatic heterocycles. The number of fused-ring (bicyclic) bond motifs is 1. The van der Waals surface area contributed by atoms with Gasteiger partial charge >= 0.3 is 0 Å². The molecule has 20 heavy (non-hydrogen) atoms. The predicted octanol–water partition coefficient (Wildman–Crippen LogP) is 2.29. The van der Waals surface area contributed by atoms with Crippen LogP contribution in [0.25, 0.3) is 0 Å². The summed E-state index contributed by atoms with van der Waals surface area (Å²) >= 11 is 1.45. The second-order valence-electron chi connectivity index (χ2n) is 5.16. The van der Waals surface area contributed by atoms with Gasteiger partial charge in [0.25, 0.3) is 5.91 Å². The van der Waals surface area contributed by atoms with Crippen molar-refractivity contribution in [2.75, 3.05) is 11.4 Å². The van der Waals surface area contributed by atoms with Gasteiger partial charge < -0.3 is 10.6 Å². The van der Waals surface area contributed by atoms with E-state index in [1.54, 1.807) is 4.90 Å². The number of thiazole rings is 1. The third-order valence-electron chi connectivity index (χ3n) is 3.52. The van der Waals surface area contributed by atoms with Crippen LogP contribution in [0.4, 0.5) is 5.69 Å². The molecule has 1 aromatic heterocycles. The van der Waals surface area contributed by atoms with E-state index in [1.165, 1.54) is 11.3 Å². The normalized spacial score (nSPS) is 17.9. The van der Waals surface area contributed by atoms with Crippen LogP contribution in [-0.4, -0.2) is 23.5 Å². The molecule has 1 aromatic carbocycles. The average molecular weight is 287 g/mol. The van der Waals surface area contributed by atoms with E-state index in [0.717, 1.165) is 28.4 Å². The number of carbonyl (C=O) groups is 1. The molecule has 2 aromatic rings. The summed E-state index contributed by atoms with van der Waals surface area (Å²) in [5.74, 6) is 0.00991. The van der Waals surface area contributed by atoms with Crippen molar-refractivity contribution in [1.29, 1.82) is 0 Å². The van der Waals surface area contributed by atoms with Crippen molar-refractivity contribution >= 4 is 22.9 Å². The second-order valence-corrected chi connectivity index (χ2v) is 6.36. The Morgan fingerprint density at radius 3 is 2.85 bits per heavy atom. The SMILES string of the molecule is Cc1nc(C)c(C(=O)N2CC(N)Cc3ccccc32)s1. The first-order valence-corrected chi connectivity index (χ1v) is 7.47. The van der Waals surface area contributed by atoms with Gasteiger partial charge in [0.15, 0.2) is 0 Å². The number of para-hydroxylation sites is 1. The second kappa shape index (κ2) is 5.00. The number of hydrogen-bond acceptors (Lipinski definition) is 4. The highest BCUT2D eigenvalue weighted by Crippen LogP contribution is 2.29. The van der Waals surface area contributed by atoms with Crippen molar-refractivity contribution in [2.24, 2.45) is 5.73 Å². The molecule has 1 unspecified atom stereocenters. The summed E-state index contributed by atoms with van der Waals surface area (Å²) in [6.07, 6.45) is 0.820. The third-order valence-corrected chi connectivity index (χ3v) is 4.59. The van der Waals surface area contributed by atoms with Crippen LogP contribution in [-0.2, 0) is 6.42 Å². The van der Waals surface area contributed by atoms with Gasteiger partial charge in [0.2, 0.25) is 0 Å². The largest absolute Gasteiger partial charge is 0.326 e. The molecule has 0 spiro atoms. The quantitative estimate of drug-likeness (QED) is 0.875. The minimum Gasteiger partial charge on any atom is -0.326 e. The summed E-state index contributed by atoms with van der Waals surface area (Å²) in [5, 5.41) is 0.917. The van der Waals surface area contributed by atoms with Crippen molar-refractivity contribution < 1.29 is 4.79 Å². The van der Waals surface area contributed by atoms with Gasteiger partial charge in [-0.25, -0.2) is 4.98 Å². The molecule has 5 heteroatoms. The highest BCUT2D eigenvalue weighted by atomic mass is 32.1. The lowest BCUT2D eigenvalue weighted by Gasteiger charge is -2.32. The number of carbonyl (C=O) groups excluding carboxylic acids is 1. The molecule has 104 valence electrons. The minimum atomic E-state index is -0.0109. The van der Waals surface area contributed by atoms with Crippen LogP contribution >= 0.6 is 11.3 Å². The molecule has 1 aliphatic rings. The fraction of sp³-hybridized carbons (Fsp3) is 0.333. The zero-order valence-corrected chi connectivity index (χ0v) is 12.4. The molecule has 2 heterocycles. The highest BCUT2D eigenvalue weighted by molar-refractivity contribution is 7.13. The summed E-state index contributed by atoms with van der Waals surface area (Å²) in [5.41, 5.74) is 9.01. The maximum atomic E-state index is 12.8. The van der Waals surface area contributed by atoms with Gasteiger partial charge in [-0.1, -0.05) is 18.2 Å². The topological polar surface area (TPSA) is 59.2 Å². The van der Waals surface area contributed by atoms with Crippen molar-refractivity contribution in [3.63, 3.8) is 0 Å². The molecular weight excluding hydrogens is 270 g/mol. The molecule has 0 bridgehead atoms. The van der Waals surface area contributed by atoms with Crippen LogP contribution in [0, 0.1) is 13.8 Å². The Labute approximate surface area is 122 Å². The standard InChI is InChI=1S/C15H17N3OS/c1-9-14(20-10(2)17-9)15(19)18-8-12(16)7-11-5-3-4-6-13(11)18/h3-6,12H,7-8,16H2,1-2H3. The molecule has 0 radical (unpaired) electrons. The molecule has 0 fully saturated rings. The van der Waals surface area contributed by atoms with Gasteiger partial charge in [-0.3, -0.25) is 4.79 Å². The number of aromatic nitrogens is 1. The molecule has 4 nitrogen and oxygen atoms in total. The Morgan fingerprint density at radius 2 is 2.15 bits per heavy atom. The van der Waals surface area contributed by atoms with E-state index in [4.69, 9.17) is 5.73 Å². The molecule has 3 rings (SSSR count). The Balaban J connectivity index is 2.02. The lowest BCUT2D eigenvalue weighted by Crippen LogP contribution is -2.46. The zero-order chi connectivity index (χ0) is 14.3. The van der Waals surface area contributed by atoms with Gasteiger partial charge in [-0.15, -0.1) is 11.3 Å². The zero-order valence-electron chi connectivity index (χ0n) is 11.6. The molecule has 2 N–H and O–H groups in total. The Hall–Kier alpha value is -1.72. The lowest BCUT2D eigenvalue weighted by atomic mass is 9.98. The number of nitrogens with zero attached hydrogens (tertiary/aromatic N) is 2. The fourth-order valence-corrected chi connectivity index (χ4v) is 3.54. The van der Waals surface area contributed by atoms with E-state index in [-0.39, 0.29) is 11.9 Å². The van der Waals surface area contributed by atoms with E-state index in [9.17, 15) is 4.79 Å². The maximum absolute atomic E-state index is 12.8. The Kier molecular flexibility index (Phi) is 3.31. The van der Waals surface area contributed by atoms with Crippen molar-refractivity contribution in [3.8, 4) is 0 Å². The van der Waals surface area contributed by atoms with E-state index >= 15 is 0 Å². The smallest absolute Gasteiger partial charge is 0.270 e. The van der Waals surface area contributed by atoms with Crippen molar-refractivity contribution in [3.05, 3.63) is 45.4 Å². The van der Waals surface area contributed by atoms with Crippen LogP contribution in [0.2, 0.25) is 0 Å². The number of hydrogen-bond donors (Lipinski definition) is 1. The van der Waals surface area contributed by atoms with E-state index in [2.05, 4.69) is 4.98 Å². The van der Waals surface area contributed by atoms with Crippen LogP contribution in [0.1, 0.15) is 25.9 Å². The fourth-order valence-electron chi connectivity index (χ4n) is 2.67. The summed E-state index contributed by atoms with van der Waals surface area (Å²) < 4.78 is 0. The average Bonchev–Trinajstić information content (AvgIpc) is 2.76. The first-order valence-electron chi connectivity index (χ1n) is 6.65. The number of anilines is 1. The summed E-state index contributed by atoms with van der Waals surface area (Å²) in [7, 11) is 0. The van der Waals surface area contributed by atoms with Gasteiger partial charge in [0.1, 0.15) is 4.88 Å². The van der Waals surface area contributed by atoms with Gasteiger partial charge in [0.05, 0.1) is 10.7 Å². The first-order chi connectivity index (χ1) is 9.56. The number of nitrogens with two attached hydrogens (primary N) is 1. The van der Waals surface area contributed by atoms with E-state index in [0.29, 0.717) is 11.4 Å². The van der Waals surface area contributed by atoms with E-state index in [1.807, 2.05) is 38.1 Å².